The number of likely N-dealkylation sites (N-methyl/N-ethyl adjacent to an activating group) is 1. The molecule has 0 aromatic heterocycles. The summed E-state index contributed by atoms with van der Waals surface area (Å²) in [4.78, 5) is 28.1. The first-order valence-corrected chi connectivity index (χ1v) is 4.71. The number of hydrogen-bond donors (Lipinski definition) is 5. The third-order valence-corrected chi connectivity index (χ3v) is 2.49. The molecule has 1 radical (unpaired) electrons. The molecule has 0 aliphatic rings. The van der Waals surface area contributed by atoms with Gasteiger partial charge >= 0.3 is 13.6 Å². The van der Waals surface area contributed by atoms with Crippen molar-refractivity contribution in [3.63, 3.8) is 0 Å². The second-order valence-corrected chi connectivity index (χ2v) is 3.96. The van der Waals surface area contributed by atoms with Crippen molar-refractivity contribution in [1.82, 2.24) is 4.90 Å². The van der Waals surface area contributed by atoms with Gasteiger partial charge in [0.1, 0.15) is 0 Å². The molecule has 0 bridgehead atoms. The molecule has 0 heterocycles. The molecule has 0 saturated carbocycles. The normalized spacial score (nSPS) is 12.5. The molecule has 0 aliphatic heterocycles. The van der Waals surface area contributed by atoms with E-state index in [0.717, 1.165) is 7.05 Å². The molecule has 0 aromatic rings. The fourth-order valence-electron chi connectivity index (χ4n) is 0.667. The molecule has 1 atom stereocenters. The summed E-state index contributed by atoms with van der Waals surface area (Å²) in [6.07, 6.45) is 0. The van der Waals surface area contributed by atoms with Gasteiger partial charge in [-0.25, -0.2) is 4.79 Å². The summed E-state index contributed by atoms with van der Waals surface area (Å²) in [5.74, 6) is -4.56. The molecule has 8 nitrogen and oxygen atoms in total. The Bertz CT molecular complexity index is 278. The third-order valence-electron chi connectivity index (χ3n) is 1.29. The predicted octanol–water partition coefficient (Wildman–Crippen LogP) is -1.98. The van der Waals surface area contributed by atoms with E-state index < -0.39 is 25.3 Å². The van der Waals surface area contributed by atoms with Crippen molar-refractivity contribution < 1.29 is 24.3 Å². The van der Waals surface area contributed by atoms with E-state index >= 15 is 0 Å². The molecule has 6 N–H and O–H groups in total. The van der Waals surface area contributed by atoms with Gasteiger partial charge in [-0.3, -0.25) is 9.97 Å². The van der Waals surface area contributed by atoms with Gasteiger partial charge in [-0.1, -0.05) is 0 Å². The van der Waals surface area contributed by atoms with Crippen molar-refractivity contribution in [2.75, 3.05) is 7.05 Å². The second kappa shape index (κ2) is 6.18. The quantitative estimate of drug-likeness (QED) is 0.169. The van der Waals surface area contributed by atoms with Crippen molar-refractivity contribution in [2.24, 2.45) is 5.73 Å². The van der Waals surface area contributed by atoms with E-state index in [1.807, 2.05) is 0 Å². The summed E-state index contributed by atoms with van der Waals surface area (Å²) < 4.78 is 10.6. The first-order valence-electron chi connectivity index (χ1n) is 3.02. The van der Waals surface area contributed by atoms with Gasteiger partial charge in [-0.2, -0.15) is 0 Å². The maximum Gasteiger partial charge on any atom is 0.359 e. The monoisotopic (exact) mass is 250 g/mol. The van der Waals surface area contributed by atoms with Gasteiger partial charge in [0.2, 0.25) is 5.78 Å². The van der Waals surface area contributed by atoms with Crippen LogP contribution < -0.4 is 5.73 Å². The number of aliphatic carboxylic acids is 1. The molecule has 0 amide bonds. The SMILES string of the molecule is CN(C(=N)N)C(C(=O)O)P(=O)(O)O.[K]. The summed E-state index contributed by atoms with van der Waals surface area (Å²) in [5.41, 5.74) is 4.87. The van der Waals surface area contributed by atoms with E-state index in [1.165, 1.54) is 0 Å². The predicted molar refractivity (Wildman–Crippen MR) is 48.9 cm³/mol. The Morgan fingerprint density at radius 2 is 1.93 bits per heavy atom. The van der Waals surface area contributed by atoms with Crippen LogP contribution in [0.3, 0.4) is 0 Å². The van der Waals surface area contributed by atoms with Crippen LogP contribution >= 0.6 is 7.60 Å². The van der Waals surface area contributed by atoms with Crippen LogP contribution in [0.4, 0.5) is 0 Å². The van der Waals surface area contributed by atoms with E-state index in [1.54, 1.807) is 0 Å². The van der Waals surface area contributed by atoms with Gasteiger partial charge < -0.3 is 25.5 Å². The Morgan fingerprint density at radius 1 is 1.57 bits per heavy atom. The molecule has 0 aliphatic carbocycles. The fraction of sp³-hybridized carbons (Fsp3) is 0.500. The molecule has 10 heteroatoms. The van der Waals surface area contributed by atoms with Gasteiger partial charge in [0.25, 0.3) is 0 Å². The van der Waals surface area contributed by atoms with Crippen LogP contribution in [-0.4, -0.2) is 95.9 Å². The summed E-state index contributed by atoms with van der Waals surface area (Å²) >= 11 is 0. The molecule has 0 rings (SSSR count). The van der Waals surface area contributed by atoms with E-state index in [0.29, 0.717) is 4.90 Å². The Labute approximate surface area is 123 Å². The maximum absolute atomic E-state index is 10.6. The molecule has 0 fully saturated rings. The van der Waals surface area contributed by atoms with Crippen molar-refractivity contribution >= 4 is 70.9 Å². The van der Waals surface area contributed by atoms with Gasteiger partial charge in [0.05, 0.1) is 0 Å². The molecular weight excluding hydrogens is 240 g/mol. The largest absolute Gasteiger partial charge is 0.479 e. The van der Waals surface area contributed by atoms with E-state index in [9.17, 15) is 9.36 Å². The zero-order valence-corrected chi connectivity index (χ0v) is 11.7. The summed E-state index contributed by atoms with van der Waals surface area (Å²) in [7, 11) is -3.82. The summed E-state index contributed by atoms with van der Waals surface area (Å²) in [5, 5.41) is 15.2. The number of hydrogen-bond acceptors (Lipinski definition) is 3. The van der Waals surface area contributed by atoms with E-state index in [4.69, 9.17) is 26.0 Å². The average molecular weight is 250 g/mol. The molecule has 0 saturated heterocycles. The Balaban J connectivity index is 0. The minimum atomic E-state index is -4.84. The first-order chi connectivity index (χ1) is 5.68. The number of carbonyl (C=O) groups is 1. The number of nitrogens with one attached hydrogen (secondary N) is 1. The van der Waals surface area contributed by atoms with Crippen molar-refractivity contribution in [3.8, 4) is 0 Å². The maximum atomic E-state index is 10.6. The van der Waals surface area contributed by atoms with E-state index in [-0.39, 0.29) is 51.4 Å². The van der Waals surface area contributed by atoms with Crippen molar-refractivity contribution in [2.45, 2.75) is 5.78 Å². The number of nitrogens with zero attached hydrogens (tertiary/aromatic N) is 1. The number of guanidine groups is 1. The second-order valence-electron chi connectivity index (χ2n) is 2.30. The number of carboxylic acids is 1. The van der Waals surface area contributed by atoms with Crippen LogP contribution in [0.5, 0.6) is 0 Å². The zero-order chi connectivity index (χ0) is 10.8. The Hall–Kier alpha value is 0.526. The number of carboxylic acid groups (broad SMARTS) is 1. The first kappa shape index (κ1) is 16.9. The zero-order valence-electron chi connectivity index (χ0n) is 7.71. The Kier molecular flexibility index (Phi) is 7.48. The molecule has 77 valence electrons. The molecule has 0 aromatic carbocycles. The summed E-state index contributed by atoms with van der Waals surface area (Å²) in [6.45, 7) is 0. The average Bonchev–Trinajstić information content (AvgIpc) is 1.82. The minimum Gasteiger partial charge on any atom is -0.479 e. The third kappa shape index (κ3) is 4.85. The number of nitrogens with two attached hydrogens (primary N) is 1. The van der Waals surface area contributed by atoms with Gasteiger partial charge in [0.15, 0.2) is 5.96 Å². The standard InChI is InChI=1S/C4H10N3O5P.K/c1-7(4(5)6)2(3(8)9)13(10,11)12;/h2H,1H3,(H3,5,6)(H,8,9)(H2,10,11,12);. The minimum absolute atomic E-state index is 0. The van der Waals surface area contributed by atoms with Crippen molar-refractivity contribution in [1.29, 1.82) is 5.41 Å². The van der Waals surface area contributed by atoms with Gasteiger partial charge in [0, 0.05) is 58.4 Å². The van der Waals surface area contributed by atoms with E-state index in [2.05, 4.69) is 0 Å². The van der Waals surface area contributed by atoms with Crippen LogP contribution in [0.25, 0.3) is 0 Å². The molecule has 1 unspecified atom stereocenters. The van der Waals surface area contributed by atoms with Gasteiger partial charge in [-0.15, -0.1) is 0 Å². The van der Waals surface area contributed by atoms with Crippen LogP contribution in [-0.2, 0) is 9.36 Å². The topological polar surface area (TPSA) is 148 Å². The molecule has 0 spiro atoms. The van der Waals surface area contributed by atoms with Crippen LogP contribution in [0.15, 0.2) is 0 Å². The number of rotatable bonds is 3. The fourth-order valence-corrected chi connectivity index (χ4v) is 1.53. The smallest absolute Gasteiger partial charge is 0.359 e. The Morgan fingerprint density at radius 3 is 2.00 bits per heavy atom. The molecular formula is C4H10KN3O5P. The summed E-state index contributed by atoms with van der Waals surface area (Å²) in [6, 6.07) is 0. The van der Waals surface area contributed by atoms with Crippen molar-refractivity contribution in [3.05, 3.63) is 0 Å². The van der Waals surface area contributed by atoms with Gasteiger partial charge in [-0.05, 0) is 0 Å². The van der Waals surface area contributed by atoms with Crippen LogP contribution in [0, 0.1) is 5.41 Å². The molecule has 14 heavy (non-hydrogen) atoms. The van der Waals surface area contributed by atoms with Crippen LogP contribution in [0.2, 0.25) is 0 Å². The van der Waals surface area contributed by atoms with Crippen LogP contribution in [0.1, 0.15) is 0 Å².